The summed E-state index contributed by atoms with van der Waals surface area (Å²) in [6.07, 6.45) is -0.417. The molecule has 0 aromatic carbocycles. The van der Waals surface area contributed by atoms with Gasteiger partial charge in [-0.2, -0.15) is 13.2 Å². The molecule has 0 aliphatic carbocycles. The van der Waals surface area contributed by atoms with Gasteiger partial charge < -0.3 is 10.3 Å². The maximum atomic E-state index is 13.3. The fraction of sp³-hybridized carbons (Fsp3) is 0.188. The van der Waals surface area contributed by atoms with Crippen LogP contribution in [-0.4, -0.2) is 16.1 Å². The summed E-state index contributed by atoms with van der Waals surface area (Å²) < 4.78 is 39.9. The van der Waals surface area contributed by atoms with Gasteiger partial charge in [-0.1, -0.05) is 19.2 Å². The minimum atomic E-state index is -4.48. The van der Waals surface area contributed by atoms with Crippen LogP contribution in [0.25, 0.3) is 12.3 Å². The monoisotopic (exact) mass is 307 g/mol. The quantitative estimate of drug-likeness (QED) is 0.913. The number of hydrogen-bond acceptors (Lipinski definition) is 2. The Morgan fingerprint density at radius 2 is 2.09 bits per heavy atom. The Balaban J connectivity index is 2.95. The molecule has 0 bridgehead atoms. The number of halogens is 3. The van der Waals surface area contributed by atoms with Crippen LogP contribution in [0.15, 0.2) is 42.4 Å². The lowest BCUT2D eigenvalue weighted by molar-refractivity contribution is -0.0876. The molecular formula is C16H16F3N3. The number of aromatic nitrogens is 2. The van der Waals surface area contributed by atoms with E-state index in [1.54, 1.807) is 19.2 Å². The molecule has 0 radical (unpaired) electrons. The summed E-state index contributed by atoms with van der Waals surface area (Å²) in [5, 5.41) is 4.76. The van der Waals surface area contributed by atoms with Gasteiger partial charge in [-0.25, -0.2) is 0 Å². The van der Waals surface area contributed by atoms with Crippen molar-refractivity contribution in [1.29, 1.82) is 0 Å². The standard InChI is InChI=1S/C16H16F3N3/c1-5-13(16(17,18)19)15(22-9(2)3)12-8-21-14-10(4)20-7-6-11(12)14/h5-8,20,22H,2,4H2,1,3H3/b13-5+,15-12-. The number of rotatable bonds is 3. The van der Waals surface area contributed by atoms with Gasteiger partial charge in [-0.15, -0.1) is 0 Å². The molecule has 2 rings (SSSR count). The Labute approximate surface area is 125 Å². The third-order valence-electron chi connectivity index (χ3n) is 3.13. The first-order chi connectivity index (χ1) is 10.3. The zero-order valence-corrected chi connectivity index (χ0v) is 12.3. The first-order valence-corrected chi connectivity index (χ1v) is 6.57. The summed E-state index contributed by atoms with van der Waals surface area (Å²) in [7, 11) is 0. The van der Waals surface area contributed by atoms with Crippen molar-refractivity contribution in [3.63, 3.8) is 0 Å². The van der Waals surface area contributed by atoms with E-state index in [9.17, 15) is 13.2 Å². The van der Waals surface area contributed by atoms with Crippen LogP contribution in [0, 0.1) is 10.6 Å². The molecule has 0 fully saturated rings. The van der Waals surface area contributed by atoms with Crippen LogP contribution in [0.5, 0.6) is 0 Å². The molecule has 0 saturated heterocycles. The average Bonchev–Trinajstić information content (AvgIpc) is 2.81. The van der Waals surface area contributed by atoms with Gasteiger partial charge in [0.1, 0.15) is 0 Å². The van der Waals surface area contributed by atoms with Crippen molar-refractivity contribution in [3.05, 3.63) is 63.5 Å². The van der Waals surface area contributed by atoms with Crippen LogP contribution in [0.2, 0.25) is 0 Å². The summed E-state index contributed by atoms with van der Waals surface area (Å²) in [6, 6.07) is 1.68. The Kier molecular flexibility index (Phi) is 4.12. The number of H-pyrrole nitrogens is 1. The predicted molar refractivity (Wildman–Crippen MR) is 79.8 cm³/mol. The van der Waals surface area contributed by atoms with E-state index >= 15 is 0 Å². The van der Waals surface area contributed by atoms with Crippen molar-refractivity contribution in [2.45, 2.75) is 20.0 Å². The number of aromatic amines is 1. The van der Waals surface area contributed by atoms with Crippen LogP contribution >= 0.6 is 0 Å². The van der Waals surface area contributed by atoms with Crippen LogP contribution in [0.3, 0.4) is 0 Å². The lowest BCUT2D eigenvalue weighted by Crippen LogP contribution is -2.27. The van der Waals surface area contributed by atoms with Gasteiger partial charge in [-0.3, -0.25) is 4.98 Å². The lowest BCUT2D eigenvalue weighted by Gasteiger charge is -2.17. The minimum absolute atomic E-state index is 0.0596. The van der Waals surface area contributed by atoms with Crippen LogP contribution in [-0.2, 0) is 0 Å². The van der Waals surface area contributed by atoms with Crippen molar-refractivity contribution in [2.24, 2.45) is 0 Å². The Morgan fingerprint density at radius 3 is 2.64 bits per heavy atom. The summed E-state index contributed by atoms with van der Waals surface area (Å²) in [4.78, 5) is 7.05. The number of hydrogen-bond donors (Lipinski definition) is 2. The molecule has 0 aromatic heterocycles. The maximum absolute atomic E-state index is 13.3. The van der Waals surface area contributed by atoms with Crippen molar-refractivity contribution in [3.8, 4) is 0 Å². The molecule has 0 spiro atoms. The van der Waals surface area contributed by atoms with Crippen molar-refractivity contribution in [2.75, 3.05) is 0 Å². The predicted octanol–water partition coefficient (Wildman–Crippen LogP) is 2.28. The fourth-order valence-electron chi connectivity index (χ4n) is 2.24. The second-order valence-electron chi connectivity index (χ2n) is 4.87. The Bertz CT molecular complexity index is 903. The second-order valence-corrected chi connectivity index (χ2v) is 4.87. The largest absolute Gasteiger partial charge is 0.418 e. The smallest absolute Gasteiger partial charge is 0.360 e. The summed E-state index contributed by atoms with van der Waals surface area (Å²) in [5.74, 6) is 0. The highest BCUT2D eigenvalue weighted by molar-refractivity contribution is 5.65. The highest BCUT2D eigenvalue weighted by Crippen LogP contribution is 2.30. The first kappa shape index (κ1) is 15.9. The number of alkyl halides is 3. The number of allylic oxidation sites excluding steroid dienone is 2. The Hall–Kier alpha value is -2.50. The van der Waals surface area contributed by atoms with Gasteiger partial charge >= 0.3 is 6.18 Å². The van der Waals surface area contributed by atoms with E-state index in [0.29, 0.717) is 26.8 Å². The van der Waals surface area contributed by atoms with E-state index in [-0.39, 0.29) is 5.70 Å². The lowest BCUT2D eigenvalue weighted by atomic mass is 10.1. The summed E-state index contributed by atoms with van der Waals surface area (Å²) in [6.45, 7) is 10.4. The molecule has 3 nitrogen and oxygen atoms in total. The number of nitrogens with one attached hydrogen (secondary N) is 2. The molecular weight excluding hydrogens is 291 g/mol. The minimum Gasteiger partial charge on any atom is -0.360 e. The van der Waals surface area contributed by atoms with Gasteiger partial charge in [0.05, 0.1) is 22.0 Å². The molecule has 0 saturated carbocycles. The highest BCUT2D eigenvalue weighted by Gasteiger charge is 2.36. The van der Waals surface area contributed by atoms with E-state index in [1.165, 1.54) is 13.1 Å². The molecule has 2 aliphatic rings. The van der Waals surface area contributed by atoms with Crippen LogP contribution in [0.1, 0.15) is 13.8 Å². The SMILES string of the molecule is C=C(C)NC(/C(=C\C)C(F)(F)F)=c1/cnc2c(=C)[nH]ccc1=2. The first-order valence-electron chi connectivity index (χ1n) is 6.57. The van der Waals surface area contributed by atoms with E-state index in [0.717, 1.165) is 6.08 Å². The molecule has 0 unspecified atom stereocenters. The topological polar surface area (TPSA) is 40.7 Å². The van der Waals surface area contributed by atoms with Crippen molar-refractivity contribution >= 4 is 12.3 Å². The zero-order chi connectivity index (χ0) is 16.5. The fourth-order valence-corrected chi connectivity index (χ4v) is 2.24. The van der Waals surface area contributed by atoms with E-state index < -0.39 is 11.7 Å². The van der Waals surface area contributed by atoms with Gasteiger partial charge in [0, 0.05) is 28.5 Å². The molecule has 0 aromatic rings. The summed E-state index contributed by atoms with van der Waals surface area (Å²) in [5.41, 5.74) is -0.413. The van der Waals surface area contributed by atoms with E-state index in [4.69, 9.17) is 0 Å². The molecule has 2 N–H and O–H groups in total. The highest BCUT2D eigenvalue weighted by atomic mass is 19.4. The van der Waals surface area contributed by atoms with Crippen molar-refractivity contribution < 1.29 is 13.2 Å². The average molecular weight is 307 g/mol. The van der Waals surface area contributed by atoms with Crippen molar-refractivity contribution in [1.82, 2.24) is 15.3 Å². The molecule has 2 aliphatic heterocycles. The molecule has 6 heteroatoms. The zero-order valence-electron chi connectivity index (χ0n) is 12.3. The van der Waals surface area contributed by atoms with Gasteiger partial charge in [0.15, 0.2) is 0 Å². The van der Waals surface area contributed by atoms with Gasteiger partial charge in [-0.05, 0) is 19.9 Å². The third kappa shape index (κ3) is 2.90. The number of nitrogens with zero attached hydrogens (tertiary/aromatic N) is 1. The molecule has 2 heterocycles. The molecule has 116 valence electrons. The maximum Gasteiger partial charge on any atom is 0.418 e. The normalized spacial score (nSPS) is 14.1. The van der Waals surface area contributed by atoms with Gasteiger partial charge in [0.2, 0.25) is 0 Å². The third-order valence-corrected chi connectivity index (χ3v) is 3.13. The van der Waals surface area contributed by atoms with Crippen LogP contribution in [0.4, 0.5) is 13.2 Å². The second kappa shape index (κ2) is 5.71. The Morgan fingerprint density at radius 1 is 1.41 bits per heavy atom. The van der Waals surface area contributed by atoms with Gasteiger partial charge in [0.25, 0.3) is 0 Å². The molecule has 22 heavy (non-hydrogen) atoms. The summed E-state index contributed by atoms with van der Waals surface area (Å²) >= 11 is 0. The van der Waals surface area contributed by atoms with E-state index in [1.807, 2.05) is 0 Å². The molecule has 0 amide bonds. The molecule has 0 atom stereocenters. The van der Waals surface area contributed by atoms with E-state index in [2.05, 4.69) is 28.4 Å². The van der Waals surface area contributed by atoms with Crippen LogP contribution < -0.4 is 15.9 Å².